The molecule has 2 aliphatic rings. The van der Waals surface area contributed by atoms with E-state index in [1.54, 1.807) is 6.07 Å². The van der Waals surface area contributed by atoms with Crippen molar-refractivity contribution in [2.45, 2.75) is 39.2 Å². The van der Waals surface area contributed by atoms with Gasteiger partial charge in [0.15, 0.2) is 5.60 Å². The number of hydrogen-bond acceptors (Lipinski definition) is 3. The van der Waals surface area contributed by atoms with Crippen LogP contribution < -0.4 is 4.74 Å². The maximum Gasteiger partial charge on any atom is 0.344 e. The van der Waals surface area contributed by atoms with E-state index in [2.05, 4.69) is 13.8 Å². The second-order valence-corrected chi connectivity index (χ2v) is 6.47. The second kappa shape index (κ2) is 2.97. The Hall–Kier alpha value is -1.35. The molecule has 1 N–H and O–H groups in total. The van der Waals surface area contributed by atoms with Crippen LogP contribution in [0.15, 0.2) is 24.3 Å². The molecule has 1 aromatic carbocycles. The molecule has 3 rings (SSSR count). The van der Waals surface area contributed by atoms with Crippen molar-refractivity contribution < 1.29 is 14.6 Å². The molecule has 0 spiro atoms. The van der Waals surface area contributed by atoms with Gasteiger partial charge in [0.25, 0.3) is 0 Å². The van der Waals surface area contributed by atoms with E-state index in [4.69, 9.17) is 4.74 Å². The van der Waals surface area contributed by atoms with Gasteiger partial charge in [-0.15, -0.1) is 0 Å². The van der Waals surface area contributed by atoms with Crippen LogP contribution >= 0.6 is 0 Å². The van der Waals surface area contributed by atoms with Gasteiger partial charge in [-0.25, -0.2) is 4.79 Å². The predicted octanol–water partition coefficient (Wildman–Crippen LogP) is 2.49. The van der Waals surface area contributed by atoms with Gasteiger partial charge < -0.3 is 9.84 Å². The monoisotopic (exact) mass is 246 g/mol. The number of carbonyl (C=O) groups is 1. The highest BCUT2D eigenvalue weighted by Gasteiger charge is 2.77. The predicted molar refractivity (Wildman–Crippen MR) is 67.3 cm³/mol. The van der Waals surface area contributed by atoms with Crippen LogP contribution in [-0.2, 0) is 4.79 Å². The third-order valence-corrected chi connectivity index (χ3v) is 5.45. The summed E-state index contributed by atoms with van der Waals surface area (Å²) in [6, 6.07) is 7.48. The summed E-state index contributed by atoms with van der Waals surface area (Å²) in [7, 11) is 0. The van der Waals surface area contributed by atoms with Crippen LogP contribution in [0.5, 0.6) is 5.75 Å². The van der Waals surface area contributed by atoms with Crippen molar-refractivity contribution in [3.8, 4) is 5.75 Å². The fourth-order valence-electron chi connectivity index (χ4n) is 3.63. The fraction of sp³-hybridized carbons (Fsp3) is 0.533. The Bertz CT molecular complexity index is 544. The molecule has 0 amide bonds. The van der Waals surface area contributed by atoms with Gasteiger partial charge in [-0.3, -0.25) is 0 Å². The molecule has 0 bridgehead atoms. The molecule has 0 saturated heterocycles. The summed E-state index contributed by atoms with van der Waals surface area (Å²) in [5.41, 5.74) is -1.14. The molecule has 0 radical (unpaired) electrons. The first-order valence-electron chi connectivity index (χ1n) is 6.28. The SMILES string of the molecule is CC1(C)[C@H]2c3ccccc3OC(=O)[C@@]2(O)C1(C)C. The van der Waals surface area contributed by atoms with Crippen molar-refractivity contribution in [3.05, 3.63) is 29.8 Å². The number of aliphatic hydroxyl groups is 1. The first-order valence-corrected chi connectivity index (χ1v) is 6.28. The van der Waals surface area contributed by atoms with E-state index in [1.807, 2.05) is 32.0 Å². The van der Waals surface area contributed by atoms with Crippen molar-refractivity contribution >= 4 is 5.97 Å². The minimum Gasteiger partial charge on any atom is -0.424 e. The molecule has 3 heteroatoms. The maximum atomic E-state index is 12.2. The van der Waals surface area contributed by atoms with Crippen LogP contribution in [0.1, 0.15) is 39.2 Å². The van der Waals surface area contributed by atoms with Gasteiger partial charge in [-0.1, -0.05) is 45.9 Å². The molecule has 96 valence electrons. The van der Waals surface area contributed by atoms with E-state index < -0.39 is 17.0 Å². The molecule has 2 atom stereocenters. The third-order valence-electron chi connectivity index (χ3n) is 5.45. The Morgan fingerprint density at radius 1 is 1.17 bits per heavy atom. The zero-order chi connectivity index (χ0) is 13.3. The molecule has 1 aliphatic heterocycles. The molecular formula is C15H18O3. The highest BCUT2D eigenvalue weighted by atomic mass is 16.6. The summed E-state index contributed by atoms with van der Waals surface area (Å²) in [5, 5.41) is 10.8. The van der Waals surface area contributed by atoms with Crippen molar-refractivity contribution in [1.82, 2.24) is 0 Å². The van der Waals surface area contributed by atoms with Crippen LogP contribution in [-0.4, -0.2) is 16.7 Å². The van der Waals surface area contributed by atoms with Crippen molar-refractivity contribution in [1.29, 1.82) is 0 Å². The quantitative estimate of drug-likeness (QED) is 0.565. The zero-order valence-corrected chi connectivity index (χ0v) is 11.2. The van der Waals surface area contributed by atoms with Gasteiger partial charge >= 0.3 is 5.97 Å². The zero-order valence-electron chi connectivity index (χ0n) is 11.2. The average molecular weight is 246 g/mol. The number of para-hydroxylation sites is 1. The van der Waals surface area contributed by atoms with E-state index >= 15 is 0 Å². The first-order chi connectivity index (χ1) is 8.24. The van der Waals surface area contributed by atoms with Crippen molar-refractivity contribution in [2.75, 3.05) is 0 Å². The van der Waals surface area contributed by atoms with Gasteiger partial charge in [0.05, 0.1) is 0 Å². The lowest BCUT2D eigenvalue weighted by Gasteiger charge is -2.69. The molecule has 0 aromatic heterocycles. The van der Waals surface area contributed by atoms with Gasteiger partial charge in [0.1, 0.15) is 5.75 Å². The molecule has 1 aliphatic carbocycles. The van der Waals surface area contributed by atoms with Crippen LogP contribution in [0.25, 0.3) is 0 Å². The van der Waals surface area contributed by atoms with Gasteiger partial charge in [0.2, 0.25) is 0 Å². The molecule has 1 fully saturated rings. The van der Waals surface area contributed by atoms with Gasteiger partial charge in [-0.2, -0.15) is 0 Å². The lowest BCUT2D eigenvalue weighted by Crippen LogP contribution is -2.76. The number of ether oxygens (including phenoxy) is 1. The highest BCUT2D eigenvalue weighted by molar-refractivity contribution is 5.89. The Labute approximate surface area is 107 Å². The maximum absolute atomic E-state index is 12.2. The van der Waals surface area contributed by atoms with Crippen LogP contribution in [0.4, 0.5) is 0 Å². The summed E-state index contributed by atoms with van der Waals surface area (Å²) in [6.45, 7) is 8.06. The summed E-state index contributed by atoms with van der Waals surface area (Å²) < 4.78 is 5.31. The third kappa shape index (κ3) is 0.948. The summed E-state index contributed by atoms with van der Waals surface area (Å²) in [5.74, 6) is -0.131. The van der Waals surface area contributed by atoms with Crippen molar-refractivity contribution in [3.63, 3.8) is 0 Å². The molecular weight excluding hydrogens is 228 g/mol. The normalized spacial score (nSPS) is 34.9. The molecule has 1 aromatic rings. The van der Waals surface area contributed by atoms with E-state index in [0.717, 1.165) is 5.56 Å². The molecule has 1 saturated carbocycles. The second-order valence-electron chi connectivity index (χ2n) is 6.47. The summed E-state index contributed by atoms with van der Waals surface area (Å²) >= 11 is 0. The first kappa shape index (κ1) is 11.7. The topological polar surface area (TPSA) is 46.5 Å². The number of carbonyl (C=O) groups excluding carboxylic acids is 1. The number of rotatable bonds is 0. The fourth-order valence-corrected chi connectivity index (χ4v) is 3.63. The number of esters is 1. The Kier molecular flexibility index (Phi) is 1.93. The van der Waals surface area contributed by atoms with E-state index in [0.29, 0.717) is 5.75 Å². The van der Waals surface area contributed by atoms with E-state index in [1.165, 1.54) is 0 Å². The largest absolute Gasteiger partial charge is 0.424 e. The number of fused-ring (bicyclic) bond motifs is 3. The number of hydrogen-bond donors (Lipinski definition) is 1. The summed E-state index contributed by atoms with van der Waals surface area (Å²) in [4.78, 5) is 12.2. The van der Waals surface area contributed by atoms with Crippen LogP contribution in [0.3, 0.4) is 0 Å². The smallest absolute Gasteiger partial charge is 0.344 e. The van der Waals surface area contributed by atoms with E-state index in [-0.39, 0.29) is 11.3 Å². The van der Waals surface area contributed by atoms with Crippen molar-refractivity contribution in [2.24, 2.45) is 10.8 Å². The average Bonchev–Trinajstić information content (AvgIpc) is 2.29. The molecule has 18 heavy (non-hydrogen) atoms. The van der Waals surface area contributed by atoms with E-state index in [9.17, 15) is 9.90 Å². The minimum atomic E-state index is -1.41. The van der Waals surface area contributed by atoms with Crippen LogP contribution in [0.2, 0.25) is 0 Å². The lowest BCUT2D eigenvalue weighted by molar-refractivity contribution is -0.263. The van der Waals surface area contributed by atoms with Gasteiger partial charge in [-0.05, 0) is 11.5 Å². The Balaban J connectivity index is 2.24. The molecule has 3 nitrogen and oxygen atoms in total. The standard InChI is InChI=1S/C15H18O3/c1-13(2)11-9-7-5-6-8-10(9)18-12(16)15(11,17)14(13,3)4/h5-8,11,17H,1-4H3/t11-,15-/m1/s1. The molecule has 0 unspecified atom stereocenters. The lowest BCUT2D eigenvalue weighted by atomic mass is 9.36. The van der Waals surface area contributed by atoms with Gasteiger partial charge in [0, 0.05) is 16.9 Å². The number of benzene rings is 1. The highest BCUT2D eigenvalue weighted by Crippen LogP contribution is 2.72. The molecule has 1 heterocycles. The Morgan fingerprint density at radius 3 is 2.44 bits per heavy atom. The summed E-state index contributed by atoms with van der Waals surface area (Å²) in [6.07, 6.45) is 0. The Morgan fingerprint density at radius 2 is 1.78 bits per heavy atom. The minimum absolute atomic E-state index is 0.155. The van der Waals surface area contributed by atoms with Crippen LogP contribution in [0, 0.1) is 10.8 Å².